The van der Waals surface area contributed by atoms with E-state index in [-0.39, 0.29) is 41.2 Å². The first kappa shape index (κ1) is 24.6. The number of guanidine groups is 1. The SMILES string of the molecule is CCNC(=NCc1csc(N(C)C)n1)NCCS(=O)(=O)c1ccccc1F.I. The number of hydrogen-bond acceptors (Lipinski definition) is 6. The Labute approximate surface area is 186 Å². The van der Waals surface area contributed by atoms with E-state index in [9.17, 15) is 12.8 Å². The molecule has 0 amide bonds. The second-order valence-electron chi connectivity index (χ2n) is 5.89. The Hall–Kier alpha value is -1.47. The molecule has 7 nitrogen and oxygen atoms in total. The summed E-state index contributed by atoms with van der Waals surface area (Å²) in [5.41, 5.74) is 0.833. The third kappa shape index (κ3) is 7.17. The predicted molar refractivity (Wildman–Crippen MR) is 123 cm³/mol. The molecule has 28 heavy (non-hydrogen) atoms. The van der Waals surface area contributed by atoms with Crippen LogP contribution < -0.4 is 15.5 Å². The van der Waals surface area contributed by atoms with Crippen molar-refractivity contribution in [2.75, 3.05) is 37.8 Å². The maximum atomic E-state index is 13.7. The van der Waals surface area contributed by atoms with Crippen molar-refractivity contribution >= 4 is 56.2 Å². The molecule has 0 bridgehead atoms. The zero-order chi connectivity index (χ0) is 19.9. The van der Waals surface area contributed by atoms with Gasteiger partial charge in [-0.05, 0) is 19.1 Å². The van der Waals surface area contributed by atoms with Crippen molar-refractivity contribution in [2.24, 2.45) is 4.99 Å². The Morgan fingerprint density at radius 3 is 2.61 bits per heavy atom. The van der Waals surface area contributed by atoms with E-state index in [0.29, 0.717) is 19.0 Å². The van der Waals surface area contributed by atoms with Crippen molar-refractivity contribution in [1.29, 1.82) is 0 Å². The van der Waals surface area contributed by atoms with E-state index in [1.165, 1.54) is 29.5 Å². The van der Waals surface area contributed by atoms with Gasteiger partial charge >= 0.3 is 0 Å². The van der Waals surface area contributed by atoms with Gasteiger partial charge in [0.2, 0.25) is 0 Å². The highest BCUT2D eigenvalue weighted by Gasteiger charge is 2.18. The van der Waals surface area contributed by atoms with Gasteiger partial charge in [0.15, 0.2) is 20.9 Å². The molecule has 0 radical (unpaired) electrons. The van der Waals surface area contributed by atoms with Crippen molar-refractivity contribution < 1.29 is 12.8 Å². The minimum atomic E-state index is -3.71. The Morgan fingerprint density at radius 2 is 2.00 bits per heavy atom. The molecule has 0 saturated carbocycles. The Kier molecular flexibility index (Phi) is 10.1. The molecule has 2 rings (SSSR count). The van der Waals surface area contributed by atoms with Crippen molar-refractivity contribution in [3.8, 4) is 0 Å². The van der Waals surface area contributed by atoms with Crippen molar-refractivity contribution in [3.63, 3.8) is 0 Å². The molecule has 1 aromatic heterocycles. The van der Waals surface area contributed by atoms with E-state index in [2.05, 4.69) is 20.6 Å². The summed E-state index contributed by atoms with van der Waals surface area (Å²) in [6.45, 7) is 3.04. The van der Waals surface area contributed by atoms with E-state index in [1.54, 1.807) is 0 Å². The first-order chi connectivity index (χ1) is 12.8. The van der Waals surface area contributed by atoms with Crippen molar-refractivity contribution in [3.05, 3.63) is 41.2 Å². The van der Waals surface area contributed by atoms with Gasteiger partial charge in [-0.1, -0.05) is 12.1 Å². The summed E-state index contributed by atoms with van der Waals surface area (Å²) in [6, 6.07) is 5.38. The second kappa shape index (κ2) is 11.5. The van der Waals surface area contributed by atoms with Gasteiger partial charge in [0, 0.05) is 32.6 Å². The number of halogens is 2. The molecular weight excluding hydrogens is 516 g/mol. The zero-order valence-corrected chi connectivity index (χ0v) is 19.9. The van der Waals surface area contributed by atoms with E-state index in [4.69, 9.17) is 0 Å². The number of aromatic nitrogens is 1. The van der Waals surface area contributed by atoms with Gasteiger partial charge < -0.3 is 15.5 Å². The van der Waals surface area contributed by atoms with Crippen LogP contribution >= 0.6 is 35.3 Å². The zero-order valence-electron chi connectivity index (χ0n) is 16.0. The number of sulfone groups is 1. The number of hydrogen-bond donors (Lipinski definition) is 2. The third-order valence-corrected chi connectivity index (χ3v) is 6.30. The average molecular weight is 541 g/mol. The average Bonchev–Trinajstić information content (AvgIpc) is 3.09. The van der Waals surface area contributed by atoms with Gasteiger partial charge in [0.1, 0.15) is 10.7 Å². The summed E-state index contributed by atoms with van der Waals surface area (Å²) in [7, 11) is 0.137. The first-order valence-electron chi connectivity index (χ1n) is 8.44. The number of nitrogens with one attached hydrogen (secondary N) is 2. The fraction of sp³-hybridized carbons (Fsp3) is 0.412. The van der Waals surface area contributed by atoms with Crippen molar-refractivity contribution in [1.82, 2.24) is 15.6 Å². The highest BCUT2D eigenvalue weighted by atomic mass is 127. The van der Waals surface area contributed by atoms with Crippen LogP contribution in [0.5, 0.6) is 0 Å². The fourth-order valence-electron chi connectivity index (χ4n) is 2.19. The summed E-state index contributed by atoms with van der Waals surface area (Å²) in [5.74, 6) is -0.487. The van der Waals surface area contributed by atoms with Crippen LogP contribution in [0.1, 0.15) is 12.6 Å². The van der Waals surface area contributed by atoms with E-state index in [1.807, 2.05) is 31.3 Å². The molecule has 0 spiro atoms. The van der Waals surface area contributed by atoms with Gasteiger partial charge in [-0.25, -0.2) is 22.8 Å². The predicted octanol–water partition coefficient (Wildman–Crippen LogP) is 2.50. The van der Waals surface area contributed by atoms with Crippen LogP contribution in [0.25, 0.3) is 0 Å². The first-order valence-corrected chi connectivity index (χ1v) is 11.0. The molecule has 156 valence electrons. The molecule has 0 unspecified atom stereocenters. The molecule has 0 aliphatic carbocycles. The Balaban J connectivity index is 0.00000392. The molecule has 2 N–H and O–H groups in total. The number of anilines is 1. The molecule has 0 fully saturated rings. The molecule has 1 aromatic carbocycles. The largest absolute Gasteiger partial charge is 0.357 e. The quantitative estimate of drug-likeness (QED) is 0.304. The molecule has 0 aliphatic heterocycles. The van der Waals surface area contributed by atoms with Crippen LogP contribution in [-0.4, -0.2) is 52.3 Å². The van der Waals surface area contributed by atoms with Crippen LogP contribution in [0.15, 0.2) is 39.5 Å². The number of aliphatic imine (C=N–C) groups is 1. The van der Waals surface area contributed by atoms with Crippen LogP contribution in [0, 0.1) is 5.82 Å². The summed E-state index contributed by atoms with van der Waals surface area (Å²) in [5, 5.41) is 8.86. The highest BCUT2D eigenvalue weighted by molar-refractivity contribution is 14.0. The molecular formula is C17H25FIN5O2S2. The second-order valence-corrected chi connectivity index (χ2v) is 8.80. The topological polar surface area (TPSA) is 86.7 Å². The third-order valence-electron chi connectivity index (χ3n) is 3.50. The van der Waals surface area contributed by atoms with E-state index >= 15 is 0 Å². The Bertz CT molecular complexity index is 887. The van der Waals surface area contributed by atoms with Crippen LogP contribution in [-0.2, 0) is 16.4 Å². The molecule has 2 aromatic rings. The summed E-state index contributed by atoms with van der Waals surface area (Å²) in [4.78, 5) is 10.5. The van der Waals surface area contributed by atoms with Crippen LogP contribution in [0.4, 0.5) is 9.52 Å². The van der Waals surface area contributed by atoms with Crippen LogP contribution in [0.2, 0.25) is 0 Å². The summed E-state index contributed by atoms with van der Waals surface area (Å²) in [6.07, 6.45) is 0. The normalized spacial score (nSPS) is 11.6. The van der Waals surface area contributed by atoms with Crippen molar-refractivity contribution in [2.45, 2.75) is 18.4 Å². The van der Waals surface area contributed by atoms with E-state index < -0.39 is 15.7 Å². The monoisotopic (exact) mass is 541 g/mol. The summed E-state index contributed by atoms with van der Waals surface area (Å²) >= 11 is 1.53. The number of thiazole rings is 1. The van der Waals surface area contributed by atoms with Gasteiger partial charge in [0.25, 0.3) is 0 Å². The molecule has 11 heteroatoms. The fourth-order valence-corrected chi connectivity index (χ4v) is 4.18. The summed E-state index contributed by atoms with van der Waals surface area (Å²) < 4.78 is 38.3. The number of rotatable bonds is 8. The molecule has 0 aliphatic rings. The molecule has 0 saturated heterocycles. The molecule has 0 atom stereocenters. The van der Waals surface area contributed by atoms with E-state index in [0.717, 1.165) is 16.9 Å². The lowest BCUT2D eigenvalue weighted by molar-refractivity contribution is 0.566. The maximum Gasteiger partial charge on any atom is 0.191 e. The van der Waals surface area contributed by atoms with Gasteiger partial charge in [-0.15, -0.1) is 35.3 Å². The smallest absolute Gasteiger partial charge is 0.191 e. The van der Waals surface area contributed by atoms with Gasteiger partial charge in [0.05, 0.1) is 18.0 Å². The maximum absolute atomic E-state index is 13.7. The minimum absolute atomic E-state index is 0. The minimum Gasteiger partial charge on any atom is -0.357 e. The standard InChI is InChI=1S/C17H24FN5O2S2.HI/c1-4-19-16(21-11-13-12-26-17(22-13)23(2)3)20-9-10-27(24,25)15-8-6-5-7-14(15)18;/h5-8,12H,4,9-11H2,1-3H3,(H2,19,20,21);1H. The van der Waals surface area contributed by atoms with Gasteiger partial charge in [-0.3, -0.25) is 0 Å². The lowest BCUT2D eigenvalue weighted by atomic mass is 10.3. The lowest BCUT2D eigenvalue weighted by Gasteiger charge is -2.11. The van der Waals surface area contributed by atoms with Crippen LogP contribution in [0.3, 0.4) is 0 Å². The Morgan fingerprint density at radius 1 is 1.29 bits per heavy atom. The number of benzene rings is 1. The molecule has 1 heterocycles. The number of nitrogens with zero attached hydrogens (tertiary/aromatic N) is 3. The van der Waals surface area contributed by atoms with Gasteiger partial charge in [-0.2, -0.15) is 0 Å². The lowest BCUT2D eigenvalue weighted by Crippen LogP contribution is -2.39. The highest BCUT2D eigenvalue weighted by Crippen LogP contribution is 2.18.